The maximum absolute atomic E-state index is 4.36. The molecule has 2 aromatic heterocycles. The van der Waals surface area contributed by atoms with Gasteiger partial charge in [0.15, 0.2) is 0 Å². The summed E-state index contributed by atoms with van der Waals surface area (Å²) in [5, 5.41) is 5.69. The summed E-state index contributed by atoms with van der Waals surface area (Å²) in [6, 6.07) is 4.30. The van der Waals surface area contributed by atoms with Crippen LogP contribution in [0.15, 0.2) is 29.9 Å². The average molecular weight is 247 g/mol. The zero-order valence-electron chi connectivity index (χ0n) is 9.80. The van der Waals surface area contributed by atoms with E-state index in [0.29, 0.717) is 0 Å². The highest BCUT2D eigenvalue weighted by molar-refractivity contribution is 7.09. The quantitative estimate of drug-likeness (QED) is 0.898. The lowest BCUT2D eigenvalue weighted by molar-refractivity contribution is 0.348. The molecule has 3 rings (SSSR count). The Hall–Kier alpha value is -1.13. The molecule has 0 saturated carbocycles. The number of nitrogens with zero attached hydrogens (tertiary/aromatic N) is 2. The van der Waals surface area contributed by atoms with E-state index in [1.165, 1.54) is 17.1 Å². The maximum Gasteiger partial charge on any atom is 0.108 e. The highest BCUT2D eigenvalue weighted by Crippen LogP contribution is 2.18. The molecule has 1 aliphatic rings. The fraction of sp³-hybridized carbons (Fsp3) is 0.462. The minimum absolute atomic E-state index is 0.747. The van der Waals surface area contributed by atoms with Crippen molar-refractivity contribution in [2.24, 2.45) is 5.92 Å². The molecule has 0 saturated heterocycles. The topological polar surface area (TPSA) is 29.9 Å². The Morgan fingerprint density at radius 1 is 1.53 bits per heavy atom. The first-order chi connectivity index (χ1) is 8.42. The number of hydrogen-bond acceptors (Lipinski definition) is 3. The number of fused-ring (bicyclic) bond motifs is 1. The van der Waals surface area contributed by atoms with Crippen molar-refractivity contribution in [2.45, 2.75) is 25.9 Å². The molecule has 0 bridgehead atoms. The Labute approximate surface area is 106 Å². The van der Waals surface area contributed by atoms with E-state index in [4.69, 9.17) is 0 Å². The number of aryl methyl sites for hydroxylation is 1. The lowest BCUT2D eigenvalue weighted by Gasteiger charge is -2.23. The fourth-order valence-electron chi connectivity index (χ4n) is 2.42. The molecule has 3 nitrogen and oxygen atoms in total. The predicted molar refractivity (Wildman–Crippen MR) is 70.1 cm³/mol. The number of imidazole rings is 1. The fourth-order valence-corrected chi connectivity index (χ4v) is 3.09. The van der Waals surface area contributed by atoms with Gasteiger partial charge in [0.1, 0.15) is 5.82 Å². The van der Waals surface area contributed by atoms with Crippen LogP contribution < -0.4 is 5.32 Å². The number of thiophene rings is 1. The normalized spacial score (nSPS) is 19.2. The molecular formula is C13H17N3S. The third-order valence-electron chi connectivity index (χ3n) is 3.35. The minimum atomic E-state index is 0.747. The van der Waals surface area contributed by atoms with Crippen LogP contribution in [0.3, 0.4) is 0 Å². The van der Waals surface area contributed by atoms with Gasteiger partial charge in [-0.25, -0.2) is 4.98 Å². The van der Waals surface area contributed by atoms with Gasteiger partial charge in [0.2, 0.25) is 0 Å². The number of aromatic nitrogens is 2. The van der Waals surface area contributed by atoms with Crippen molar-refractivity contribution in [1.29, 1.82) is 0 Å². The van der Waals surface area contributed by atoms with Crippen LogP contribution in [0.2, 0.25) is 0 Å². The third kappa shape index (κ3) is 2.58. The maximum atomic E-state index is 4.36. The second-order valence-corrected chi connectivity index (χ2v) is 5.64. The molecule has 1 aliphatic heterocycles. The second-order valence-electron chi connectivity index (χ2n) is 4.61. The highest BCUT2D eigenvalue weighted by atomic mass is 32.1. The first-order valence-electron chi connectivity index (χ1n) is 6.15. The first kappa shape index (κ1) is 11.0. The summed E-state index contributed by atoms with van der Waals surface area (Å²) in [6.45, 7) is 3.23. The SMILES string of the molecule is c1csc(CNCC2CCc3nccn3C2)c1. The molecule has 0 aliphatic carbocycles. The second kappa shape index (κ2) is 5.02. The summed E-state index contributed by atoms with van der Waals surface area (Å²) < 4.78 is 2.29. The lowest BCUT2D eigenvalue weighted by Crippen LogP contribution is -2.29. The molecule has 3 heterocycles. The van der Waals surface area contributed by atoms with Crippen molar-refractivity contribution in [2.75, 3.05) is 6.54 Å². The monoisotopic (exact) mass is 247 g/mol. The van der Waals surface area contributed by atoms with Crippen LogP contribution in [0, 0.1) is 5.92 Å². The van der Waals surface area contributed by atoms with Crippen LogP contribution in [0.5, 0.6) is 0 Å². The van der Waals surface area contributed by atoms with Crippen LogP contribution in [-0.2, 0) is 19.5 Å². The van der Waals surface area contributed by atoms with Gasteiger partial charge in [-0.3, -0.25) is 0 Å². The summed E-state index contributed by atoms with van der Waals surface area (Å²) in [7, 11) is 0. The molecule has 2 aromatic rings. The van der Waals surface area contributed by atoms with Gasteiger partial charge in [0, 0.05) is 43.3 Å². The van der Waals surface area contributed by atoms with Crippen LogP contribution in [-0.4, -0.2) is 16.1 Å². The molecule has 4 heteroatoms. The van der Waals surface area contributed by atoms with E-state index in [1.54, 1.807) is 0 Å². The van der Waals surface area contributed by atoms with E-state index >= 15 is 0 Å². The van der Waals surface area contributed by atoms with Crippen molar-refractivity contribution in [3.05, 3.63) is 40.6 Å². The summed E-state index contributed by atoms with van der Waals surface area (Å²) in [5.41, 5.74) is 0. The van der Waals surface area contributed by atoms with Crippen molar-refractivity contribution in [3.63, 3.8) is 0 Å². The van der Waals surface area contributed by atoms with Crippen molar-refractivity contribution >= 4 is 11.3 Å². The van der Waals surface area contributed by atoms with Crippen LogP contribution in [0.1, 0.15) is 17.1 Å². The van der Waals surface area contributed by atoms with Gasteiger partial charge in [-0.1, -0.05) is 6.07 Å². The van der Waals surface area contributed by atoms with Gasteiger partial charge in [0.05, 0.1) is 0 Å². The van der Waals surface area contributed by atoms with Gasteiger partial charge in [-0.2, -0.15) is 0 Å². The van der Waals surface area contributed by atoms with Crippen LogP contribution >= 0.6 is 11.3 Å². The highest BCUT2D eigenvalue weighted by Gasteiger charge is 2.17. The van der Waals surface area contributed by atoms with Crippen molar-refractivity contribution < 1.29 is 0 Å². The molecule has 0 fully saturated rings. The van der Waals surface area contributed by atoms with E-state index in [-0.39, 0.29) is 0 Å². The molecule has 0 spiro atoms. The van der Waals surface area contributed by atoms with E-state index < -0.39 is 0 Å². The number of nitrogens with one attached hydrogen (secondary N) is 1. The largest absolute Gasteiger partial charge is 0.335 e. The minimum Gasteiger partial charge on any atom is -0.335 e. The Kier molecular flexibility index (Phi) is 3.25. The molecule has 1 unspecified atom stereocenters. The van der Waals surface area contributed by atoms with Gasteiger partial charge in [-0.05, 0) is 23.8 Å². The Morgan fingerprint density at radius 3 is 3.41 bits per heavy atom. The molecule has 17 heavy (non-hydrogen) atoms. The van der Waals surface area contributed by atoms with E-state index in [2.05, 4.69) is 38.6 Å². The van der Waals surface area contributed by atoms with Crippen molar-refractivity contribution in [3.8, 4) is 0 Å². The molecular weight excluding hydrogens is 230 g/mol. The standard InChI is InChI=1S/C13H17N3S/c1-2-12(17-7-1)9-14-8-11-3-4-13-15-5-6-16(13)10-11/h1-2,5-7,11,14H,3-4,8-10H2. The van der Waals surface area contributed by atoms with Crippen LogP contribution in [0.4, 0.5) is 0 Å². The van der Waals surface area contributed by atoms with Crippen LogP contribution in [0.25, 0.3) is 0 Å². The van der Waals surface area contributed by atoms with Gasteiger partial charge in [-0.15, -0.1) is 11.3 Å². The summed E-state index contributed by atoms with van der Waals surface area (Å²) in [5.74, 6) is 2.00. The molecule has 90 valence electrons. The van der Waals surface area contributed by atoms with E-state index in [9.17, 15) is 0 Å². The van der Waals surface area contributed by atoms with E-state index in [0.717, 1.165) is 32.0 Å². The zero-order chi connectivity index (χ0) is 11.5. The zero-order valence-corrected chi connectivity index (χ0v) is 10.6. The molecule has 0 radical (unpaired) electrons. The molecule has 1 N–H and O–H groups in total. The van der Waals surface area contributed by atoms with Gasteiger partial charge >= 0.3 is 0 Å². The summed E-state index contributed by atoms with van der Waals surface area (Å²) in [4.78, 5) is 5.78. The Balaban J connectivity index is 1.48. The van der Waals surface area contributed by atoms with Gasteiger partial charge < -0.3 is 9.88 Å². The predicted octanol–water partition coefficient (Wildman–Crippen LogP) is 2.30. The summed E-state index contributed by atoms with van der Waals surface area (Å²) >= 11 is 1.82. The molecule has 0 amide bonds. The van der Waals surface area contributed by atoms with E-state index in [1.807, 2.05) is 17.5 Å². The van der Waals surface area contributed by atoms with Gasteiger partial charge in [0.25, 0.3) is 0 Å². The summed E-state index contributed by atoms with van der Waals surface area (Å²) in [6.07, 6.45) is 6.39. The Bertz CT molecular complexity index is 461. The van der Waals surface area contributed by atoms with Crippen molar-refractivity contribution in [1.82, 2.24) is 14.9 Å². The Morgan fingerprint density at radius 2 is 2.53 bits per heavy atom. The first-order valence-corrected chi connectivity index (χ1v) is 7.03. The molecule has 0 aromatic carbocycles. The smallest absolute Gasteiger partial charge is 0.108 e. The number of hydrogen-bond donors (Lipinski definition) is 1. The number of rotatable bonds is 4. The lowest BCUT2D eigenvalue weighted by atomic mass is 9.99. The average Bonchev–Trinajstić information content (AvgIpc) is 2.98. The molecule has 1 atom stereocenters. The third-order valence-corrected chi connectivity index (χ3v) is 4.22.